The van der Waals surface area contributed by atoms with E-state index in [0.29, 0.717) is 0 Å². The molecule has 0 rings (SSSR count). The molecule has 0 fully saturated rings. The fraction of sp³-hybridized carbons (Fsp3) is 0.500. The summed E-state index contributed by atoms with van der Waals surface area (Å²) in [6.07, 6.45) is 0. The zero-order valence-electron chi connectivity index (χ0n) is 4.08. The van der Waals surface area contributed by atoms with Crippen molar-refractivity contribution in [3.63, 3.8) is 0 Å². The predicted octanol–water partition coefficient (Wildman–Crippen LogP) is 0.381. The van der Waals surface area contributed by atoms with Crippen molar-refractivity contribution < 1.29 is 29.0 Å². The molecule has 7 heavy (non-hydrogen) atoms. The van der Waals surface area contributed by atoms with Crippen molar-refractivity contribution in [1.29, 1.82) is 0 Å². The molecule has 0 aromatic carbocycles. The van der Waals surface area contributed by atoms with Crippen LogP contribution in [0.5, 0.6) is 0 Å². The van der Waals surface area contributed by atoms with Gasteiger partial charge in [0.1, 0.15) is 0 Å². The Morgan fingerprint density at radius 3 is 2.29 bits per heavy atom. The average molecular weight is 188 g/mol. The summed E-state index contributed by atoms with van der Waals surface area (Å²) in [4.78, 5) is 9.78. The van der Waals surface area contributed by atoms with Gasteiger partial charge in [0.25, 0.3) is 5.97 Å². The molecule has 0 aliphatic heterocycles. The van der Waals surface area contributed by atoms with Crippen molar-refractivity contribution in [2.45, 2.75) is 6.92 Å². The maximum Gasteiger partial charge on any atom is 1.00 e. The van der Waals surface area contributed by atoms with E-state index in [4.69, 9.17) is 0 Å². The van der Waals surface area contributed by atoms with E-state index in [-0.39, 0.29) is 32.1 Å². The Labute approximate surface area is 56.0 Å². The first kappa shape index (κ1) is 10.2. The van der Waals surface area contributed by atoms with Crippen LogP contribution in [0.1, 0.15) is 6.92 Å². The number of ether oxygens (including phenoxy) is 1. The number of hydrogen-bond acceptors (Lipinski definition) is 2. The first-order chi connectivity index (χ1) is 2.77. The van der Waals surface area contributed by atoms with Crippen molar-refractivity contribution in [2.24, 2.45) is 0 Å². The van der Waals surface area contributed by atoms with Gasteiger partial charge in [0, 0.05) is 6.92 Å². The van der Waals surface area contributed by atoms with Gasteiger partial charge in [-0.3, -0.25) is 4.79 Å². The summed E-state index contributed by atoms with van der Waals surface area (Å²) < 4.78 is 4.29. The van der Waals surface area contributed by atoms with Crippen molar-refractivity contribution in [3.05, 3.63) is 6.92 Å². The summed E-state index contributed by atoms with van der Waals surface area (Å²) in [7, 11) is 0. The van der Waals surface area contributed by atoms with Crippen molar-refractivity contribution in [1.82, 2.24) is 0 Å². The minimum Gasteiger partial charge on any atom is -0.499 e. The maximum absolute atomic E-state index is 9.78. The molecule has 0 heterocycles. The standard InChI is InChI=1S/C4H7O2.Ru/c1-3-6-4(2)5;/h1,3H2,2H3;/q-1;+1. The van der Waals surface area contributed by atoms with Crippen molar-refractivity contribution in [2.75, 3.05) is 6.61 Å². The second-order valence-corrected chi connectivity index (χ2v) is 0.840. The molecular weight excluding hydrogens is 181 g/mol. The second-order valence-electron chi connectivity index (χ2n) is 0.840. The maximum atomic E-state index is 9.78. The summed E-state index contributed by atoms with van der Waals surface area (Å²) in [6, 6.07) is 0. The van der Waals surface area contributed by atoms with Crippen LogP contribution in [0.25, 0.3) is 0 Å². The van der Waals surface area contributed by atoms with Gasteiger partial charge in [0.2, 0.25) is 0 Å². The van der Waals surface area contributed by atoms with Gasteiger partial charge in [0.15, 0.2) is 0 Å². The Hall–Kier alpha value is 0.0934. The van der Waals surface area contributed by atoms with Crippen molar-refractivity contribution >= 4 is 5.97 Å². The Kier molecular flexibility index (Phi) is 8.84. The minimum absolute atomic E-state index is 0. The Bertz CT molecular complexity index is 53.7. The third-order valence-corrected chi connectivity index (χ3v) is 0.305. The monoisotopic (exact) mass is 189 g/mol. The van der Waals surface area contributed by atoms with Crippen LogP contribution in [-0.4, -0.2) is 12.6 Å². The molecule has 0 spiro atoms. The predicted molar refractivity (Wildman–Crippen MR) is 22.0 cm³/mol. The molecule has 0 aromatic rings. The second kappa shape index (κ2) is 6.09. The fourth-order valence-electron chi connectivity index (χ4n) is 0.144. The Balaban J connectivity index is 0. The molecule has 0 aromatic heterocycles. The number of hydrogen-bond donors (Lipinski definition) is 0. The van der Waals surface area contributed by atoms with Crippen LogP contribution in [0.15, 0.2) is 0 Å². The van der Waals surface area contributed by atoms with E-state index in [1.54, 1.807) is 0 Å². The first-order valence-electron chi connectivity index (χ1n) is 1.70. The van der Waals surface area contributed by atoms with E-state index in [2.05, 4.69) is 11.7 Å². The number of carbonyl (C=O) groups excluding carboxylic acids is 1. The zero-order valence-corrected chi connectivity index (χ0v) is 5.82. The van der Waals surface area contributed by atoms with Crippen LogP contribution in [0.3, 0.4) is 0 Å². The van der Waals surface area contributed by atoms with Gasteiger partial charge in [0.05, 0.1) is 0 Å². The van der Waals surface area contributed by atoms with Gasteiger partial charge < -0.3 is 11.7 Å². The molecule has 43 valence electrons. The molecular formula is C4H7O2Ru. The topological polar surface area (TPSA) is 26.3 Å². The Morgan fingerprint density at radius 1 is 1.86 bits per heavy atom. The Morgan fingerprint density at radius 2 is 2.29 bits per heavy atom. The van der Waals surface area contributed by atoms with E-state index in [1.807, 2.05) is 0 Å². The summed E-state index contributed by atoms with van der Waals surface area (Å²) >= 11 is 0. The number of carbonyl (C=O) groups is 1. The van der Waals surface area contributed by atoms with Crippen LogP contribution in [0.4, 0.5) is 0 Å². The van der Waals surface area contributed by atoms with E-state index in [1.165, 1.54) is 6.92 Å². The smallest absolute Gasteiger partial charge is 0.499 e. The molecule has 0 saturated heterocycles. The summed E-state index contributed by atoms with van der Waals surface area (Å²) in [6.45, 7) is 4.87. The largest absolute Gasteiger partial charge is 1.00 e. The van der Waals surface area contributed by atoms with Gasteiger partial charge in [-0.1, -0.05) is 0 Å². The van der Waals surface area contributed by atoms with Crippen LogP contribution in [0.2, 0.25) is 0 Å². The van der Waals surface area contributed by atoms with E-state index in [9.17, 15) is 4.79 Å². The van der Waals surface area contributed by atoms with Gasteiger partial charge in [-0.15, -0.1) is 0 Å². The molecule has 0 N–H and O–H groups in total. The van der Waals surface area contributed by atoms with Crippen LogP contribution in [-0.2, 0) is 29.0 Å². The molecule has 0 atom stereocenters. The van der Waals surface area contributed by atoms with Gasteiger partial charge in [-0.25, -0.2) is 0 Å². The molecule has 0 aliphatic rings. The molecule has 2 nitrogen and oxygen atoms in total. The molecule has 0 saturated carbocycles. The molecule has 3 heteroatoms. The average Bonchev–Trinajstić information content (AvgIpc) is 1.35. The minimum atomic E-state index is -0.273. The zero-order chi connectivity index (χ0) is 4.99. The molecule has 0 bridgehead atoms. The van der Waals surface area contributed by atoms with E-state index < -0.39 is 0 Å². The van der Waals surface area contributed by atoms with Gasteiger partial charge in [-0.2, -0.15) is 0 Å². The summed E-state index contributed by atoms with van der Waals surface area (Å²) in [5.41, 5.74) is 0. The molecule has 0 unspecified atom stereocenters. The third kappa shape index (κ3) is 10.7. The first-order valence-corrected chi connectivity index (χ1v) is 1.70. The fourth-order valence-corrected chi connectivity index (χ4v) is 0.144. The number of rotatable bonds is 1. The van der Waals surface area contributed by atoms with Crippen molar-refractivity contribution in [3.8, 4) is 0 Å². The van der Waals surface area contributed by atoms with Gasteiger partial charge in [-0.05, 0) is 6.61 Å². The third-order valence-electron chi connectivity index (χ3n) is 0.305. The number of esters is 1. The van der Waals surface area contributed by atoms with Crippen LogP contribution < -0.4 is 0 Å². The SMILES string of the molecule is [CH2-]COC(C)=O.[Ru+]. The summed E-state index contributed by atoms with van der Waals surface area (Å²) in [5, 5.41) is 0. The summed E-state index contributed by atoms with van der Waals surface area (Å²) in [5.74, 6) is -0.273. The molecule has 1 radical (unpaired) electrons. The normalized spacial score (nSPS) is 6.57. The van der Waals surface area contributed by atoms with Crippen LogP contribution in [0, 0.1) is 6.92 Å². The molecule has 0 aliphatic carbocycles. The molecule has 0 amide bonds. The quantitative estimate of drug-likeness (QED) is 0.338. The van der Waals surface area contributed by atoms with E-state index in [0.717, 1.165) is 0 Å². The van der Waals surface area contributed by atoms with Crippen LogP contribution >= 0.6 is 0 Å². The van der Waals surface area contributed by atoms with E-state index >= 15 is 0 Å². The van der Waals surface area contributed by atoms with Gasteiger partial charge >= 0.3 is 19.5 Å².